The molecule has 3 heterocycles. The van der Waals surface area contributed by atoms with Crippen LogP contribution in [0.5, 0.6) is 0 Å². The summed E-state index contributed by atoms with van der Waals surface area (Å²) in [7, 11) is 0. The summed E-state index contributed by atoms with van der Waals surface area (Å²) in [6.45, 7) is 4.62. The fraction of sp³-hybridized carbons (Fsp3) is 0.0732. The Bertz CT molecular complexity index is 2690. The summed E-state index contributed by atoms with van der Waals surface area (Å²) in [6.07, 6.45) is 0. The Morgan fingerprint density at radius 1 is 0.489 bits per heavy atom. The molecule has 9 aromatic rings. The standard InChI is InChI=1S/C41H26N2O2/c1-41(2)29-17-6-3-11-23(29)36-30(41)21-22-34-37(36)27-15-9-16-28(39(27)45-34)40-42-31-18-7-4-12-24(31)38(43-40)26-14-10-20-33-35(26)25-13-5-8-19-32(25)44-33/h3-22H,1-2H3. The van der Waals surface area contributed by atoms with Gasteiger partial charge in [0.15, 0.2) is 5.82 Å². The number of aromatic nitrogens is 2. The van der Waals surface area contributed by atoms with E-state index in [4.69, 9.17) is 18.8 Å². The molecule has 6 aromatic carbocycles. The van der Waals surface area contributed by atoms with Crippen molar-refractivity contribution in [2.75, 3.05) is 0 Å². The zero-order valence-corrected chi connectivity index (χ0v) is 24.8. The van der Waals surface area contributed by atoms with Crippen LogP contribution in [0.3, 0.4) is 0 Å². The fourth-order valence-corrected chi connectivity index (χ4v) is 7.63. The van der Waals surface area contributed by atoms with Crippen LogP contribution in [0, 0.1) is 0 Å². The van der Waals surface area contributed by atoms with Gasteiger partial charge in [0.1, 0.15) is 22.3 Å². The molecular formula is C41H26N2O2. The van der Waals surface area contributed by atoms with E-state index in [9.17, 15) is 0 Å². The normalized spacial score (nSPS) is 13.7. The van der Waals surface area contributed by atoms with E-state index < -0.39 is 0 Å². The molecule has 4 heteroatoms. The van der Waals surface area contributed by atoms with Crippen molar-refractivity contribution in [3.05, 3.63) is 132 Å². The van der Waals surface area contributed by atoms with Gasteiger partial charge in [0, 0.05) is 37.9 Å². The van der Waals surface area contributed by atoms with Crippen LogP contribution in [0.25, 0.3) is 88.6 Å². The summed E-state index contributed by atoms with van der Waals surface area (Å²) < 4.78 is 13.0. The number of furan rings is 2. The number of nitrogens with zero attached hydrogens (tertiary/aromatic N) is 2. The number of hydrogen-bond donors (Lipinski definition) is 0. The maximum atomic E-state index is 6.72. The molecule has 0 bridgehead atoms. The molecule has 212 valence electrons. The Morgan fingerprint density at radius 3 is 2.11 bits per heavy atom. The SMILES string of the molecule is CC1(C)c2ccccc2-c2c1ccc1oc3c(-c4nc(-c5cccc6oc7ccccc7c56)c5ccccc5n4)cccc3c21. The molecule has 0 atom stereocenters. The first-order chi connectivity index (χ1) is 22.1. The highest BCUT2D eigenvalue weighted by atomic mass is 16.3. The Kier molecular flexibility index (Phi) is 4.76. The molecule has 3 aromatic heterocycles. The Morgan fingerprint density at radius 2 is 1.18 bits per heavy atom. The van der Waals surface area contributed by atoms with Gasteiger partial charge in [0.2, 0.25) is 0 Å². The molecule has 0 saturated heterocycles. The number of rotatable bonds is 2. The van der Waals surface area contributed by atoms with Crippen LogP contribution in [0.1, 0.15) is 25.0 Å². The molecule has 1 aliphatic carbocycles. The van der Waals surface area contributed by atoms with Crippen molar-refractivity contribution in [1.29, 1.82) is 0 Å². The number of hydrogen-bond acceptors (Lipinski definition) is 4. The fourth-order valence-electron chi connectivity index (χ4n) is 7.63. The van der Waals surface area contributed by atoms with Crippen LogP contribution >= 0.6 is 0 Å². The number of fused-ring (bicyclic) bond motifs is 11. The predicted molar refractivity (Wildman–Crippen MR) is 183 cm³/mol. The van der Waals surface area contributed by atoms with Gasteiger partial charge in [-0.05, 0) is 52.6 Å². The van der Waals surface area contributed by atoms with Gasteiger partial charge in [-0.1, -0.05) is 105 Å². The van der Waals surface area contributed by atoms with E-state index in [2.05, 4.69) is 98.8 Å². The molecule has 4 nitrogen and oxygen atoms in total. The molecule has 0 spiro atoms. The Balaban J connectivity index is 1.27. The van der Waals surface area contributed by atoms with Gasteiger partial charge in [-0.25, -0.2) is 9.97 Å². The first-order valence-corrected chi connectivity index (χ1v) is 15.3. The molecule has 0 unspecified atom stereocenters. The molecule has 0 N–H and O–H groups in total. The summed E-state index contributed by atoms with van der Waals surface area (Å²) in [5.41, 5.74) is 12.2. The minimum atomic E-state index is -0.0873. The predicted octanol–water partition coefficient (Wildman–Crippen LogP) is 11.1. The van der Waals surface area contributed by atoms with Gasteiger partial charge in [0.05, 0.1) is 16.8 Å². The average molecular weight is 579 g/mol. The lowest BCUT2D eigenvalue weighted by Crippen LogP contribution is -2.14. The quantitative estimate of drug-likeness (QED) is 0.205. The first kappa shape index (κ1) is 24.7. The van der Waals surface area contributed by atoms with Gasteiger partial charge < -0.3 is 8.83 Å². The van der Waals surface area contributed by atoms with Crippen LogP contribution < -0.4 is 0 Å². The maximum absolute atomic E-state index is 6.72. The summed E-state index contributed by atoms with van der Waals surface area (Å²) in [6, 6.07) is 42.1. The molecule has 0 aliphatic heterocycles. The van der Waals surface area contributed by atoms with Crippen molar-refractivity contribution >= 4 is 54.8 Å². The highest BCUT2D eigenvalue weighted by Crippen LogP contribution is 2.53. The monoisotopic (exact) mass is 578 g/mol. The third kappa shape index (κ3) is 3.26. The molecule has 10 rings (SSSR count). The van der Waals surface area contributed by atoms with E-state index in [0.717, 1.165) is 71.6 Å². The second kappa shape index (κ2) is 8.67. The van der Waals surface area contributed by atoms with Gasteiger partial charge in [-0.15, -0.1) is 0 Å². The second-order valence-corrected chi connectivity index (χ2v) is 12.5. The Hall–Kier alpha value is -5.74. The first-order valence-electron chi connectivity index (χ1n) is 15.3. The van der Waals surface area contributed by atoms with Gasteiger partial charge >= 0.3 is 0 Å². The van der Waals surface area contributed by atoms with Gasteiger partial charge in [-0.3, -0.25) is 0 Å². The van der Waals surface area contributed by atoms with Crippen LogP contribution in [0.15, 0.2) is 130 Å². The third-order valence-corrected chi connectivity index (χ3v) is 9.71. The lowest BCUT2D eigenvalue weighted by atomic mass is 9.82. The van der Waals surface area contributed by atoms with Crippen LogP contribution in [-0.4, -0.2) is 9.97 Å². The van der Waals surface area contributed by atoms with E-state index in [0.29, 0.717) is 5.82 Å². The molecule has 0 radical (unpaired) electrons. The van der Waals surface area contributed by atoms with Crippen molar-refractivity contribution < 1.29 is 8.83 Å². The van der Waals surface area contributed by atoms with Crippen molar-refractivity contribution in [2.45, 2.75) is 19.3 Å². The maximum Gasteiger partial charge on any atom is 0.164 e. The zero-order valence-electron chi connectivity index (χ0n) is 24.8. The van der Waals surface area contributed by atoms with Crippen molar-refractivity contribution in [1.82, 2.24) is 9.97 Å². The number of para-hydroxylation sites is 3. The second-order valence-electron chi connectivity index (χ2n) is 12.5. The molecular weight excluding hydrogens is 552 g/mol. The summed E-state index contributed by atoms with van der Waals surface area (Å²) >= 11 is 0. The van der Waals surface area contributed by atoms with Crippen LogP contribution in [-0.2, 0) is 5.41 Å². The molecule has 0 fully saturated rings. The molecule has 0 amide bonds. The topological polar surface area (TPSA) is 52.1 Å². The summed E-state index contributed by atoms with van der Waals surface area (Å²) in [5.74, 6) is 0.635. The largest absolute Gasteiger partial charge is 0.456 e. The smallest absolute Gasteiger partial charge is 0.164 e. The van der Waals surface area contributed by atoms with Crippen molar-refractivity contribution in [2.24, 2.45) is 0 Å². The van der Waals surface area contributed by atoms with Gasteiger partial charge in [-0.2, -0.15) is 0 Å². The highest BCUT2D eigenvalue weighted by Gasteiger charge is 2.37. The van der Waals surface area contributed by atoms with Crippen molar-refractivity contribution in [3.63, 3.8) is 0 Å². The van der Waals surface area contributed by atoms with E-state index in [1.165, 1.54) is 22.3 Å². The molecule has 1 aliphatic rings. The minimum Gasteiger partial charge on any atom is -0.456 e. The van der Waals surface area contributed by atoms with Gasteiger partial charge in [0.25, 0.3) is 0 Å². The minimum absolute atomic E-state index is 0.0873. The highest BCUT2D eigenvalue weighted by molar-refractivity contribution is 6.18. The van der Waals surface area contributed by atoms with Crippen molar-refractivity contribution in [3.8, 4) is 33.8 Å². The van der Waals surface area contributed by atoms with E-state index >= 15 is 0 Å². The zero-order chi connectivity index (χ0) is 29.9. The van der Waals surface area contributed by atoms with E-state index in [-0.39, 0.29) is 5.41 Å². The third-order valence-electron chi connectivity index (χ3n) is 9.71. The Labute approximate surface area is 258 Å². The van der Waals surface area contributed by atoms with E-state index in [1.807, 2.05) is 36.4 Å². The van der Waals surface area contributed by atoms with E-state index in [1.54, 1.807) is 0 Å². The average Bonchev–Trinajstić information content (AvgIpc) is 3.72. The summed E-state index contributed by atoms with van der Waals surface area (Å²) in [4.78, 5) is 10.4. The lowest BCUT2D eigenvalue weighted by molar-refractivity contribution is 0.657. The molecule has 0 saturated carbocycles. The molecule has 45 heavy (non-hydrogen) atoms. The van der Waals surface area contributed by atoms with Crippen LogP contribution in [0.2, 0.25) is 0 Å². The van der Waals surface area contributed by atoms with Crippen LogP contribution in [0.4, 0.5) is 0 Å². The summed E-state index contributed by atoms with van der Waals surface area (Å²) in [5, 5.41) is 5.35. The lowest BCUT2D eigenvalue weighted by Gasteiger charge is -2.21. The number of benzene rings is 6.